The van der Waals surface area contributed by atoms with Gasteiger partial charge in [-0.05, 0) is 61.4 Å². The smallest absolute Gasteiger partial charge is 0.261 e. The van der Waals surface area contributed by atoms with Crippen molar-refractivity contribution in [3.05, 3.63) is 48.0 Å². The Morgan fingerprint density at radius 2 is 1.88 bits per heavy atom. The number of anilines is 2. The molecule has 0 spiro atoms. The van der Waals surface area contributed by atoms with E-state index in [4.69, 9.17) is 4.74 Å². The van der Waals surface area contributed by atoms with Gasteiger partial charge in [0.25, 0.3) is 10.0 Å². The Morgan fingerprint density at radius 3 is 2.48 bits per heavy atom. The molecular weight excluding hydrogens is 340 g/mol. The lowest BCUT2D eigenvalue weighted by molar-refractivity contribution is -0.116. The third kappa shape index (κ3) is 3.32. The molecule has 132 valence electrons. The largest absolute Gasteiger partial charge is 0.497 e. The zero-order valence-corrected chi connectivity index (χ0v) is 15.1. The van der Waals surface area contributed by atoms with Crippen LogP contribution < -0.4 is 14.4 Å². The van der Waals surface area contributed by atoms with Crippen molar-refractivity contribution in [1.82, 2.24) is 0 Å². The van der Waals surface area contributed by atoms with Crippen LogP contribution in [0.3, 0.4) is 0 Å². The quantitative estimate of drug-likeness (QED) is 0.910. The van der Waals surface area contributed by atoms with Crippen LogP contribution in [0.4, 0.5) is 11.4 Å². The first kappa shape index (κ1) is 17.3. The average molecular weight is 360 g/mol. The fraction of sp³-hybridized carbons (Fsp3) is 0.278. The number of ether oxygens (including phenoxy) is 1. The van der Waals surface area contributed by atoms with Crippen molar-refractivity contribution < 1.29 is 17.9 Å². The second-order valence-electron chi connectivity index (χ2n) is 6.07. The summed E-state index contributed by atoms with van der Waals surface area (Å²) in [4.78, 5) is 13.7. The first-order valence-corrected chi connectivity index (χ1v) is 9.40. The van der Waals surface area contributed by atoms with E-state index < -0.39 is 10.0 Å². The lowest BCUT2D eigenvalue weighted by atomic mass is 10.1. The third-order valence-electron chi connectivity index (χ3n) is 4.26. The van der Waals surface area contributed by atoms with Crippen LogP contribution in [0.1, 0.15) is 19.4 Å². The van der Waals surface area contributed by atoms with Gasteiger partial charge in [-0.15, -0.1) is 0 Å². The van der Waals surface area contributed by atoms with E-state index in [0.29, 0.717) is 17.9 Å². The molecule has 25 heavy (non-hydrogen) atoms. The van der Waals surface area contributed by atoms with Crippen molar-refractivity contribution in [3.63, 3.8) is 0 Å². The van der Waals surface area contributed by atoms with Crippen LogP contribution >= 0.6 is 0 Å². The average Bonchev–Trinajstić information content (AvgIpc) is 2.90. The Morgan fingerprint density at radius 1 is 1.20 bits per heavy atom. The molecule has 1 heterocycles. The van der Waals surface area contributed by atoms with Gasteiger partial charge in [0.2, 0.25) is 5.91 Å². The standard InChI is InChI=1S/C18H20N2O4S/c1-12-10-14-11-17(8-9-18(14)20(12)13(2)21)25(22,23)19-15-4-6-16(24-3)7-5-15/h4-9,11-12,19H,10H2,1-3H3/t12-/m1/s1. The molecule has 1 amide bonds. The van der Waals surface area contributed by atoms with Crippen LogP contribution in [0.2, 0.25) is 0 Å². The molecule has 0 aromatic heterocycles. The molecule has 0 radical (unpaired) electrons. The van der Waals surface area contributed by atoms with E-state index >= 15 is 0 Å². The van der Waals surface area contributed by atoms with Gasteiger partial charge >= 0.3 is 0 Å². The molecule has 7 heteroatoms. The topological polar surface area (TPSA) is 75.7 Å². The second kappa shape index (κ2) is 6.40. The monoisotopic (exact) mass is 360 g/mol. The van der Waals surface area contributed by atoms with Gasteiger partial charge < -0.3 is 9.64 Å². The molecule has 2 aromatic carbocycles. The first-order valence-electron chi connectivity index (χ1n) is 7.91. The summed E-state index contributed by atoms with van der Waals surface area (Å²) in [5.41, 5.74) is 2.10. The van der Waals surface area contributed by atoms with Gasteiger partial charge in [-0.2, -0.15) is 0 Å². The lowest BCUT2D eigenvalue weighted by Gasteiger charge is -2.20. The Balaban J connectivity index is 1.88. The van der Waals surface area contributed by atoms with Crippen molar-refractivity contribution in [3.8, 4) is 5.75 Å². The molecule has 2 aromatic rings. The fourth-order valence-electron chi connectivity index (χ4n) is 3.13. The molecule has 0 saturated carbocycles. The molecular formula is C18H20N2O4S. The van der Waals surface area contributed by atoms with Crippen LogP contribution in [0, 0.1) is 0 Å². The van der Waals surface area contributed by atoms with E-state index in [1.165, 1.54) is 13.0 Å². The zero-order chi connectivity index (χ0) is 18.2. The summed E-state index contributed by atoms with van der Waals surface area (Å²) in [6.07, 6.45) is 0.640. The molecule has 0 saturated heterocycles. The minimum Gasteiger partial charge on any atom is -0.497 e. The van der Waals surface area contributed by atoms with Crippen molar-refractivity contribution in [1.29, 1.82) is 0 Å². The van der Waals surface area contributed by atoms with Crippen molar-refractivity contribution in [2.75, 3.05) is 16.7 Å². The van der Waals surface area contributed by atoms with E-state index in [1.54, 1.807) is 48.4 Å². The summed E-state index contributed by atoms with van der Waals surface area (Å²) in [6.45, 7) is 3.46. The number of carbonyl (C=O) groups excluding carboxylic acids is 1. The minimum atomic E-state index is -3.70. The summed E-state index contributed by atoms with van der Waals surface area (Å²) in [5, 5.41) is 0. The van der Waals surface area contributed by atoms with Crippen molar-refractivity contribution in [2.45, 2.75) is 31.2 Å². The number of hydrogen-bond donors (Lipinski definition) is 1. The van der Waals surface area contributed by atoms with E-state index in [0.717, 1.165) is 11.3 Å². The number of fused-ring (bicyclic) bond motifs is 1. The highest BCUT2D eigenvalue weighted by atomic mass is 32.2. The van der Waals surface area contributed by atoms with Crippen LogP contribution in [0.25, 0.3) is 0 Å². The van der Waals surface area contributed by atoms with Gasteiger partial charge in [-0.25, -0.2) is 8.42 Å². The maximum absolute atomic E-state index is 12.6. The Bertz CT molecular complexity index is 907. The second-order valence-corrected chi connectivity index (χ2v) is 7.75. The van der Waals surface area contributed by atoms with Gasteiger partial charge in [0.1, 0.15) is 5.75 Å². The molecule has 0 bridgehead atoms. The van der Waals surface area contributed by atoms with Crippen molar-refractivity contribution >= 4 is 27.3 Å². The first-order chi connectivity index (χ1) is 11.8. The number of benzene rings is 2. The zero-order valence-electron chi connectivity index (χ0n) is 14.3. The molecule has 0 unspecified atom stereocenters. The maximum Gasteiger partial charge on any atom is 0.261 e. The minimum absolute atomic E-state index is 0.0278. The molecule has 1 atom stereocenters. The SMILES string of the molecule is COc1ccc(NS(=O)(=O)c2ccc3c(c2)C[C@@H](C)N3C(C)=O)cc1. The Hall–Kier alpha value is -2.54. The number of rotatable bonds is 4. The highest BCUT2D eigenvalue weighted by Crippen LogP contribution is 2.34. The summed E-state index contributed by atoms with van der Waals surface area (Å²) in [5.74, 6) is 0.608. The van der Waals surface area contributed by atoms with Crippen LogP contribution in [-0.2, 0) is 21.2 Å². The maximum atomic E-state index is 12.6. The molecule has 1 aliphatic heterocycles. The molecule has 3 rings (SSSR count). The van der Waals surface area contributed by atoms with Crippen LogP contribution in [0.5, 0.6) is 5.75 Å². The van der Waals surface area contributed by atoms with E-state index in [9.17, 15) is 13.2 Å². The highest BCUT2D eigenvalue weighted by molar-refractivity contribution is 7.92. The van der Waals surface area contributed by atoms with Gasteiger partial charge in [0.15, 0.2) is 0 Å². The fourth-order valence-corrected chi connectivity index (χ4v) is 4.24. The number of carbonyl (C=O) groups is 1. The van der Waals surface area contributed by atoms with Crippen LogP contribution in [-0.4, -0.2) is 27.5 Å². The van der Waals surface area contributed by atoms with Gasteiger partial charge in [-0.1, -0.05) is 0 Å². The van der Waals surface area contributed by atoms with E-state index in [2.05, 4.69) is 4.72 Å². The molecule has 1 aliphatic rings. The molecule has 0 aliphatic carbocycles. The predicted octanol–water partition coefficient (Wildman–Crippen LogP) is 2.79. The van der Waals surface area contributed by atoms with Crippen molar-refractivity contribution in [2.24, 2.45) is 0 Å². The summed E-state index contributed by atoms with van der Waals surface area (Å²) >= 11 is 0. The molecule has 6 nitrogen and oxygen atoms in total. The van der Waals surface area contributed by atoms with Gasteiger partial charge in [0.05, 0.1) is 12.0 Å². The number of amides is 1. The Kier molecular flexibility index (Phi) is 4.43. The van der Waals surface area contributed by atoms with Crippen LogP contribution in [0.15, 0.2) is 47.4 Å². The summed E-state index contributed by atoms with van der Waals surface area (Å²) in [6, 6.07) is 11.6. The van der Waals surface area contributed by atoms with E-state index in [-0.39, 0.29) is 16.8 Å². The van der Waals surface area contributed by atoms with Gasteiger partial charge in [0, 0.05) is 24.3 Å². The Labute approximate surface area is 147 Å². The predicted molar refractivity (Wildman–Crippen MR) is 96.6 cm³/mol. The number of sulfonamides is 1. The normalized spacial score (nSPS) is 16.4. The molecule has 0 fully saturated rings. The summed E-state index contributed by atoms with van der Waals surface area (Å²) in [7, 11) is -2.15. The highest BCUT2D eigenvalue weighted by Gasteiger charge is 2.30. The number of nitrogens with zero attached hydrogens (tertiary/aromatic N) is 1. The number of hydrogen-bond acceptors (Lipinski definition) is 4. The number of methoxy groups -OCH3 is 1. The summed E-state index contributed by atoms with van der Waals surface area (Å²) < 4.78 is 32.9. The number of nitrogens with one attached hydrogen (secondary N) is 1. The van der Waals surface area contributed by atoms with Gasteiger partial charge in [-0.3, -0.25) is 9.52 Å². The molecule has 1 N–H and O–H groups in total. The lowest BCUT2D eigenvalue weighted by Crippen LogP contribution is -2.33. The van der Waals surface area contributed by atoms with E-state index in [1.807, 2.05) is 6.92 Å². The third-order valence-corrected chi connectivity index (χ3v) is 5.64.